The van der Waals surface area contributed by atoms with Crippen molar-refractivity contribution >= 4 is 69.8 Å². The van der Waals surface area contributed by atoms with Gasteiger partial charge in [-0.2, -0.15) is 0 Å². The summed E-state index contributed by atoms with van der Waals surface area (Å²) in [6.07, 6.45) is 2.22. The number of piperidine rings is 1. The van der Waals surface area contributed by atoms with Crippen molar-refractivity contribution in [3.05, 3.63) is 67.6 Å². The average Bonchev–Trinajstić information content (AvgIpc) is 2.96. The van der Waals surface area contributed by atoms with Crippen LogP contribution in [0.15, 0.2) is 41.6 Å². The molecule has 0 bridgehead atoms. The molecule has 0 radical (unpaired) electrons. The molecule has 2 aliphatic heterocycles. The van der Waals surface area contributed by atoms with E-state index in [1.54, 1.807) is 48.0 Å². The van der Waals surface area contributed by atoms with Crippen molar-refractivity contribution in [3.8, 4) is 0 Å². The molecule has 2 saturated heterocycles. The summed E-state index contributed by atoms with van der Waals surface area (Å²) in [4.78, 5) is 48.9. The first kappa shape index (κ1) is 33.3. The summed E-state index contributed by atoms with van der Waals surface area (Å²) in [6.45, 7) is 4.30. The number of amides is 3. The minimum Gasteiger partial charge on any atom is -0.399 e. The molecule has 2 atom stereocenters. The van der Waals surface area contributed by atoms with Gasteiger partial charge in [-0.25, -0.2) is 0 Å². The molecule has 13 heteroatoms. The van der Waals surface area contributed by atoms with E-state index in [0.717, 1.165) is 38.0 Å². The molecule has 1 unspecified atom stereocenters. The quantitative estimate of drug-likeness (QED) is 0.271. The second-order valence-corrected chi connectivity index (χ2v) is 12.6. The first-order valence-corrected chi connectivity index (χ1v) is 15.6. The van der Waals surface area contributed by atoms with Crippen LogP contribution in [0, 0.1) is 0 Å². The van der Waals surface area contributed by atoms with Crippen molar-refractivity contribution < 1.29 is 19.2 Å². The molecule has 9 nitrogen and oxygen atoms in total. The van der Waals surface area contributed by atoms with Gasteiger partial charge in [0.15, 0.2) is 0 Å². The lowest BCUT2D eigenvalue weighted by Gasteiger charge is -2.41. The SMILES string of the molecule is CO/N=C(/CN(C)C(=O)c1cc(Cl)cc(Cl)c1)C(CCN1CCC(N2CC(=O)N[C@@H](C)C2=O)CC1)c1ccc(Cl)c(Cl)c1. The second kappa shape index (κ2) is 14.9. The third kappa shape index (κ3) is 8.54. The predicted molar refractivity (Wildman–Crippen MR) is 170 cm³/mol. The van der Waals surface area contributed by atoms with Crippen molar-refractivity contribution in [2.24, 2.45) is 5.16 Å². The van der Waals surface area contributed by atoms with Crippen LogP contribution in [-0.4, -0.2) is 97.1 Å². The highest BCUT2D eigenvalue weighted by Gasteiger charge is 2.36. The molecule has 2 aliphatic rings. The molecule has 3 amide bonds. The van der Waals surface area contributed by atoms with Gasteiger partial charge in [-0.1, -0.05) is 57.6 Å². The number of halogens is 4. The Kier molecular flexibility index (Phi) is 11.6. The van der Waals surface area contributed by atoms with Crippen molar-refractivity contribution in [2.75, 3.05) is 46.9 Å². The Morgan fingerprint density at radius 3 is 2.37 bits per heavy atom. The zero-order valence-electron chi connectivity index (χ0n) is 24.3. The van der Waals surface area contributed by atoms with Crippen molar-refractivity contribution in [1.82, 2.24) is 20.0 Å². The van der Waals surface area contributed by atoms with Gasteiger partial charge in [0.05, 0.1) is 28.8 Å². The lowest BCUT2D eigenvalue weighted by atomic mass is 9.89. The molecule has 0 aromatic heterocycles. The monoisotopic (exact) mass is 669 g/mol. The van der Waals surface area contributed by atoms with Crippen molar-refractivity contribution in [2.45, 2.75) is 44.2 Å². The van der Waals surface area contributed by atoms with E-state index < -0.39 is 6.04 Å². The third-order valence-corrected chi connectivity index (χ3v) is 9.06. The van der Waals surface area contributed by atoms with Gasteiger partial charge < -0.3 is 24.9 Å². The number of hydrogen-bond donors (Lipinski definition) is 1. The van der Waals surface area contributed by atoms with E-state index in [1.807, 2.05) is 12.1 Å². The standard InChI is InChI=1S/C30H35Cl4N5O4/c1-18-29(41)39(17-28(40)35-18)23-6-9-38(10-7-23)11-8-24(19-4-5-25(33)26(34)14-19)27(36-43-3)16-37(2)30(42)20-12-21(31)15-22(32)13-20/h4-5,12-15,18,23-24H,6-11,16-17H2,1-3H3,(H,35,40)/b36-27-/t18-,24?/m0/s1. The summed E-state index contributed by atoms with van der Waals surface area (Å²) in [6, 6.07) is 9.73. The first-order chi connectivity index (χ1) is 20.5. The van der Waals surface area contributed by atoms with Gasteiger partial charge in [0.1, 0.15) is 13.2 Å². The van der Waals surface area contributed by atoms with Crippen LogP contribution in [0.3, 0.4) is 0 Å². The van der Waals surface area contributed by atoms with Crippen molar-refractivity contribution in [1.29, 1.82) is 0 Å². The fraction of sp³-hybridized carbons (Fsp3) is 0.467. The number of carbonyl (C=O) groups is 3. The van der Waals surface area contributed by atoms with Crippen LogP contribution in [0.4, 0.5) is 0 Å². The van der Waals surface area contributed by atoms with Crippen LogP contribution in [0.2, 0.25) is 20.1 Å². The van der Waals surface area contributed by atoms with E-state index in [9.17, 15) is 14.4 Å². The van der Waals surface area contributed by atoms with Crippen LogP contribution in [0.1, 0.15) is 48.0 Å². The smallest absolute Gasteiger partial charge is 0.254 e. The predicted octanol–water partition coefficient (Wildman–Crippen LogP) is 5.36. The molecule has 2 aromatic rings. The molecular weight excluding hydrogens is 636 g/mol. The largest absolute Gasteiger partial charge is 0.399 e. The van der Waals surface area contributed by atoms with Gasteiger partial charge in [0, 0.05) is 47.7 Å². The maximum absolute atomic E-state index is 13.3. The number of oxime groups is 1. The molecule has 4 rings (SSSR count). The van der Waals surface area contributed by atoms with Crippen LogP contribution >= 0.6 is 46.4 Å². The van der Waals surface area contributed by atoms with Crippen LogP contribution in [0.25, 0.3) is 0 Å². The molecule has 2 aromatic carbocycles. The van der Waals surface area contributed by atoms with Gasteiger partial charge in [0.25, 0.3) is 5.91 Å². The van der Waals surface area contributed by atoms with Gasteiger partial charge in [-0.15, -0.1) is 0 Å². The number of hydrogen-bond acceptors (Lipinski definition) is 6. The summed E-state index contributed by atoms with van der Waals surface area (Å²) >= 11 is 24.9. The number of carbonyl (C=O) groups excluding carboxylic acids is 3. The van der Waals surface area contributed by atoms with E-state index >= 15 is 0 Å². The Bertz CT molecular complexity index is 1360. The Morgan fingerprint density at radius 2 is 1.74 bits per heavy atom. The molecule has 1 N–H and O–H groups in total. The van der Waals surface area contributed by atoms with E-state index in [0.29, 0.717) is 37.8 Å². The highest BCUT2D eigenvalue weighted by atomic mass is 35.5. The molecule has 0 saturated carbocycles. The summed E-state index contributed by atoms with van der Waals surface area (Å²) in [5, 5.41) is 8.66. The van der Waals surface area contributed by atoms with E-state index in [-0.39, 0.29) is 42.8 Å². The molecule has 43 heavy (non-hydrogen) atoms. The average molecular weight is 671 g/mol. The van der Waals surface area contributed by atoms with Gasteiger partial charge in [-0.3, -0.25) is 14.4 Å². The zero-order valence-corrected chi connectivity index (χ0v) is 27.3. The van der Waals surface area contributed by atoms with Crippen molar-refractivity contribution in [3.63, 3.8) is 0 Å². The molecular formula is C30H35Cl4N5O4. The first-order valence-electron chi connectivity index (χ1n) is 14.1. The normalized spacial score (nSPS) is 19.3. The maximum Gasteiger partial charge on any atom is 0.254 e. The number of nitrogens with zero attached hydrogens (tertiary/aromatic N) is 4. The van der Waals surface area contributed by atoms with Crippen LogP contribution in [0.5, 0.6) is 0 Å². The van der Waals surface area contributed by atoms with E-state index in [2.05, 4.69) is 15.4 Å². The lowest BCUT2D eigenvalue weighted by molar-refractivity contribution is -0.147. The topological polar surface area (TPSA) is 94.6 Å². The number of nitrogens with one attached hydrogen (secondary N) is 1. The van der Waals surface area contributed by atoms with E-state index in [1.165, 1.54) is 7.11 Å². The highest BCUT2D eigenvalue weighted by molar-refractivity contribution is 6.42. The third-order valence-electron chi connectivity index (χ3n) is 7.89. The van der Waals surface area contributed by atoms with E-state index in [4.69, 9.17) is 51.2 Å². The molecule has 2 heterocycles. The Morgan fingerprint density at radius 1 is 1.07 bits per heavy atom. The van der Waals surface area contributed by atoms with Crippen LogP contribution in [-0.2, 0) is 14.4 Å². The number of benzene rings is 2. The summed E-state index contributed by atoms with van der Waals surface area (Å²) in [7, 11) is 3.15. The molecule has 0 spiro atoms. The van der Waals surface area contributed by atoms with Gasteiger partial charge in [-0.05, 0) is 68.6 Å². The Labute approximate surface area is 272 Å². The van der Waals surface area contributed by atoms with Crippen LogP contribution < -0.4 is 5.32 Å². The van der Waals surface area contributed by atoms with Gasteiger partial charge in [0.2, 0.25) is 11.8 Å². The fourth-order valence-corrected chi connectivity index (χ4v) is 6.53. The summed E-state index contributed by atoms with van der Waals surface area (Å²) in [5.74, 6) is -0.653. The summed E-state index contributed by atoms with van der Waals surface area (Å²) in [5.41, 5.74) is 1.90. The Hall–Kier alpha value is -2.56. The number of piperazine rings is 1. The zero-order chi connectivity index (χ0) is 31.3. The summed E-state index contributed by atoms with van der Waals surface area (Å²) < 4.78 is 0. The molecule has 232 valence electrons. The second-order valence-electron chi connectivity index (χ2n) is 10.9. The minimum atomic E-state index is -0.495. The lowest BCUT2D eigenvalue weighted by Crippen LogP contribution is -2.61. The number of likely N-dealkylation sites (tertiary alicyclic amines) is 1. The number of rotatable bonds is 10. The molecule has 2 fully saturated rings. The molecule has 0 aliphatic carbocycles. The fourth-order valence-electron chi connectivity index (χ4n) is 5.69. The minimum absolute atomic E-state index is 0.0307. The highest BCUT2D eigenvalue weighted by Crippen LogP contribution is 2.31. The van der Waals surface area contributed by atoms with Gasteiger partial charge >= 0.3 is 0 Å². The Balaban J connectivity index is 1.48. The maximum atomic E-state index is 13.3.